The number of ether oxygens (including phenoxy) is 1. The lowest BCUT2D eigenvalue weighted by Crippen LogP contribution is -2.39. The molecule has 1 aliphatic rings. The molecule has 18 heavy (non-hydrogen) atoms. The summed E-state index contributed by atoms with van der Waals surface area (Å²) in [5.74, 6) is 0. The molecule has 100 valence electrons. The third kappa shape index (κ3) is 3.72. The van der Waals surface area contributed by atoms with Crippen molar-refractivity contribution in [2.45, 2.75) is 38.8 Å². The Balaban J connectivity index is 1.98. The summed E-state index contributed by atoms with van der Waals surface area (Å²) in [5, 5.41) is 0. The van der Waals surface area contributed by atoms with E-state index in [1.807, 2.05) is 12.1 Å². The van der Waals surface area contributed by atoms with Gasteiger partial charge in [0.2, 0.25) is 0 Å². The van der Waals surface area contributed by atoms with E-state index in [0.717, 1.165) is 44.8 Å². The van der Waals surface area contributed by atoms with Crippen LogP contribution >= 0.6 is 0 Å². The lowest BCUT2D eigenvalue weighted by molar-refractivity contribution is 0.0309. The Morgan fingerprint density at radius 2 is 1.89 bits per heavy atom. The minimum absolute atomic E-state index is 0.677. The van der Waals surface area contributed by atoms with Gasteiger partial charge in [-0.2, -0.15) is 0 Å². The van der Waals surface area contributed by atoms with Gasteiger partial charge in [-0.15, -0.1) is 0 Å². The Bertz CT molecular complexity index is 344. The zero-order chi connectivity index (χ0) is 12.8. The second-order valence-electron chi connectivity index (χ2n) is 5.06. The van der Waals surface area contributed by atoms with Crippen molar-refractivity contribution in [1.29, 1.82) is 0 Å². The van der Waals surface area contributed by atoms with E-state index in [1.54, 1.807) is 0 Å². The molecule has 1 aromatic carbocycles. The molecule has 2 N–H and O–H groups in total. The number of hydrogen-bond donors (Lipinski definition) is 1. The molecule has 3 nitrogen and oxygen atoms in total. The Morgan fingerprint density at radius 1 is 1.22 bits per heavy atom. The largest absolute Gasteiger partial charge is 0.399 e. The molecule has 0 unspecified atom stereocenters. The average Bonchev–Trinajstić information content (AvgIpc) is 2.42. The summed E-state index contributed by atoms with van der Waals surface area (Å²) in [5.41, 5.74) is 7.92. The molecule has 0 aromatic heterocycles. The van der Waals surface area contributed by atoms with E-state index in [9.17, 15) is 0 Å². The van der Waals surface area contributed by atoms with Gasteiger partial charge in [-0.25, -0.2) is 0 Å². The van der Waals surface area contributed by atoms with Crippen LogP contribution in [0, 0.1) is 0 Å². The molecule has 1 aliphatic heterocycles. The SMILES string of the molecule is CCCN(Cc1ccc(N)cc1)C1CCOCC1. The number of benzene rings is 1. The minimum atomic E-state index is 0.677. The van der Waals surface area contributed by atoms with Crippen LogP contribution in [0.15, 0.2) is 24.3 Å². The molecule has 0 saturated carbocycles. The first kappa shape index (κ1) is 13.4. The molecule has 3 heteroatoms. The molecule has 1 fully saturated rings. The summed E-state index contributed by atoms with van der Waals surface area (Å²) in [7, 11) is 0. The first-order valence-electron chi connectivity index (χ1n) is 6.96. The molecule has 2 rings (SSSR count). The molecule has 0 atom stereocenters. The smallest absolute Gasteiger partial charge is 0.0480 e. The number of rotatable bonds is 5. The third-order valence-electron chi connectivity index (χ3n) is 3.58. The number of nitrogens with zero attached hydrogens (tertiary/aromatic N) is 1. The van der Waals surface area contributed by atoms with Crippen molar-refractivity contribution < 1.29 is 4.74 Å². The molecular weight excluding hydrogens is 224 g/mol. The fourth-order valence-corrected chi connectivity index (χ4v) is 2.59. The minimum Gasteiger partial charge on any atom is -0.399 e. The predicted octanol–water partition coefficient (Wildman–Crippen LogP) is 2.66. The van der Waals surface area contributed by atoms with Crippen molar-refractivity contribution in [3.63, 3.8) is 0 Å². The van der Waals surface area contributed by atoms with E-state index in [-0.39, 0.29) is 0 Å². The van der Waals surface area contributed by atoms with Crippen LogP contribution in [0.4, 0.5) is 5.69 Å². The molecular formula is C15H24N2O. The van der Waals surface area contributed by atoms with Crippen LogP contribution in [0.5, 0.6) is 0 Å². The molecule has 1 saturated heterocycles. The molecule has 0 amide bonds. The van der Waals surface area contributed by atoms with Gasteiger partial charge in [-0.1, -0.05) is 19.1 Å². The van der Waals surface area contributed by atoms with Crippen LogP contribution in [-0.4, -0.2) is 30.7 Å². The van der Waals surface area contributed by atoms with Crippen LogP contribution in [0.2, 0.25) is 0 Å². The first-order valence-corrected chi connectivity index (χ1v) is 6.96. The number of nitrogen functional groups attached to an aromatic ring is 1. The third-order valence-corrected chi connectivity index (χ3v) is 3.58. The van der Waals surface area contributed by atoms with Gasteiger partial charge < -0.3 is 10.5 Å². The lowest BCUT2D eigenvalue weighted by atomic mass is 10.1. The van der Waals surface area contributed by atoms with Gasteiger partial charge in [0, 0.05) is 31.5 Å². The van der Waals surface area contributed by atoms with E-state index in [0.29, 0.717) is 6.04 Å². The van der Waals surface area contributed by atoms with Crippen molar-refractivity contribution in [2.75, 3.05) is 25.5 Å². The van der Waals surface area contributed by atoms with Crippen LogP contribution in [0.1, 0.15) is 31.7 Å². The zero-order valence-corrected chi connectivity index (χ0v) is 11.3. The van der Waals surface area contributed by atoms with Gasteiger partial charge in [-0.05, 0) is 43.5 Å². The van der Waals surface area contributed by atoms with E-state index in [2.05, 4.69) is 24.0 Å². The molecule has 0 aliphatic carbocycles. The topological polar surface area (TPSA) is 38.5 Å². The zero-order valence-electron chi connectivity index (χ0n) is 11.3. The highest BCUT2D eigenvalue weighted by Crippen LogP contribution is 2.18. The Morgan fingerprint density at radius 3 is 2.50 bits per heavy atom. The monoisotopic (exact) mass is 248 g/mol. The van der Waals surface area contributed by atoms with E-state index in [4.69, 9.17) is 10.5 Å². The second-order valence-corrected chi connectivity index (χ2v) is 5.06. The Labute approximate surface area is 110 Å². The maximum absolute atomic E-state index is 5.73. The standard InChI is InChI=1S/C15H24N2O/c1-2-9-17(15-7-10-18-11-8-15)12-13-3-5-14(16)6-4-13/h3-6,15H,2,7-12,16H2,1H3. The summed E-state index contributed by atoms with van der Waals surface area (Å²) >= 11 is 0. The maximum Gasteiger partial charge on any atom is 0.0480 e. The number of nitrogens with two attached hydrogens (primary N) is 1. The average molecular weight is 248 g/mol. The van der Waals surface area contributed by atoms with Crippen molar-refractivity contribution in [2.24, 2.45) is 0 Å². The summed E-state index contributed by atoms with van der Waals surface area (Å²) in [6.45, 7) is 6.25. The second kappa shape index (κ2) is 6.76. The predicted molar refractivity (Wildman–Crippen MR) is 75.4 cm³/mol. The highest BCUT2D eigenvalue weighted by atomic mass is 16.5. The van der Waals surface area contributed by atoms with Crippen LogP contribution in [-0.2, 0) is 11.3 Å². The van der Waals surface area contributed by atoms with Crippen LogP contribution in [0.25, 0.3) is 0 Å². The number of hydrogen-bond acceptors (Lipinski definition) is 3. The van der Waals surface area contributed by atoms with E-state index in [1.165, 1.54) is 12.0 Å². The highest BCUT2D eigenvalue weighted by Gasteiger charge is 2.20. The summed E-state index contributed by atoms with van der Waals surface area (Å²) in [4.78, 5) is 2.59. The maximum atomic E-state index is 5.73. The van der Waals surface area contributed by atoms with Crippen molar-refractivity contribution in [3.8, 4) is 0 Å². The first-order chi connectivity index (χ1) is 8.79. The fraction of sp³-hybridized carbons (Fsp3) is 0.600. The van der Waals surface area contributed by atoms with Gasteiger partial charge in [0.05, 0.1) is 0 Å². The van der Waals surface area contributed by atoms with Crippen molar-refractivity contribution in [1.82, 2.24) is 4.90 Å². The van der Waals surface area contributed by atoms with Gasteiger partial charge in [0.25, 0.3) is 0 Å². The molecule has 0 bridgehead atoms. The van der Waals surface area contributed by atoms with Gasteiger partial charge in [0.1, 0.15) is 0 Å². The van der Waals surface area contributed by atoms with Crippen molar-refractivity contribution in [3.05, 3.63) is 29.8 Å². The molecule has 0 radical (unpaired) electrons. The van der Waals surface area contributed by atoms with Gasteiger partial charge in [0.15, 0.2) is 0 Å². The van der Waals surface area contributed by atoms with Gasteiger partial charge in [-0.3, -0.25) is 4.90 Å². The van der Waals surface area contributed by atoms with Crippen LogP contribution in [0.3, 0.4) is 0 Å². The quantitative estimate of drug-likeness (QED) is 0.814. The Kier molecular flexibility index (Phi) is 5.02. The normalized spacial score (nSPS) is 17.2. The summed E-state index contributed by atoms with van der Waals surface area (Å²) in [6, 6.07) is 8.93. The van der Waals surface area contributed by atoms with E-state index >= 15 is 0 Å². The highest BCUT2D eigenvalue weighted by molar-refractivity contribution is 5.39. The summed E-state index contributed by atoms with van der Waals surface area (Å²) in [6.07, 6.45) is 3.52. The molecule has 0 spiro atoms. The van der Waals surface area contributed by atoms with E-state index < -0.39 is 0 Å². The number of anilines is 1. The summed E-state index contributed by atoms with van der Waals surface area (Å²) < 4.78 is 5.45. The van der Waals surface area contributed by atoms with Gasteiger partial charge >= 0.3 is 0 Å². The Hall–Kier alpha value is -1.06. The lowest BCUT2D eigenvalue weighted by Gasteiger charge is -2.34. The molecule has 1 heterocycles. The van der Waals surface area contributed by atoms with Crippen LogP contribution < -0.4 is 5.73 Å². The fourth-order valence-electron chi connectivity index (χ4n) is 2.59. The van der Waals surface area contributed by atoms with Crippen molar-refractivity contribution >= 4 is 5.69 Å². The molecule has 1 aromatic rings.